The first kappa shape index (κ1) is 15.2. The van der Waals surface area contributed by atoms with Gasteiger partial charge in [0.15, 0.2) is 0 Å². The fraction of sp³-hybridized carbons (Fsp3) is 0.400. The van der Waals surface area contributed by atoms with Crippen LogP contribution in [0.25, 0.3) is 10.8 Å². The Bertz CT molecular complexity index is 628. The minimum absolute atomic E-state index is 0.116. The van der Waals surface area contributed by atoms with Gasteiger partial charge in [0.2, 0.25) is 0 Å². The molecular weight excluding hydrogens is 268 g/mol. The lowest BCUT2D eigenvalue weighted by atomic mass is 10.1. The molecule has 0 fully saturated rings. The molecule has 1 aromatic heterocycles. The van der Waals surface area contributed by atoms with Crippen LogP contribution in [0.1, 0.15) is 12.8 Å². The molecule has 2 rings (SSSR count). The van der Waals surface area contributed by atoms with E-state index in [0.717, 1.165) is 37.0 Å². The average molecular weight is 288 g/mol. The molecule has 1 N–H and O–H groups in total. The number of rotatable bonds is 7. The summed E-state index contributed by atoms with van der Waals surface area (Å²) >= 11 is 0. The molecule has 0 saturated carbocycles. The van der Waals surface area contributed by atoms with Gasteiger partial charge >= 0.3 is 0 Å². The summed E-state index contributed by atoms with van der Waals surface area (Å²) in [6, 6.07) is 4.99. The van der Waals surface area contributed by atoms with Crippen molar-refractivity contribution < 1.29 is 4.92 Å². The third-order valence-corrected chi connectivity index (χ3v) is 3.34. The van der Waals surface area contributed by atoms with E-state index in [9.17, 15) is 10.1 Å². The third kappa shape index (κ3) is 3.88. The van der Waals surface area contributed by atoms with Crippen LogP contribution >= 0.6 is 0 Å². The molecule has 6 heteroatoms. The van der Waals surface area contributed by atoms with Gasteiger partial charge in [-0.3, -0.25) is 15.1 Å². The highest BCUT2D eigenvalue weighted by Gasteiger charge is 2.13. The Labute approximate surface area is 123 Å². The number of unbranched alkanes of at least 4 members (excludes halogenated alkanes) is 1. The second-order valence-electron chi connectivity index (χ2n) is 5.25. The summed E-state index contributed by atoms with van der Waals surface area (Å²) in [5.41, 5.74) is 1.01. The van der Waals surface area contributed by atoms with Crippen LogP contribution in [-0.4, -0.2) is 42.0 Å². The third-order valence-electron chi connectivity index (χ3n) is 3.34. The predicted molar refractivity (Wildman–Crippen MR) is 84.7 cm³/mol. The van der Waals surface area contributed by atoms with Crippen LogP contribution in [0.3, 0.4) is 0 Å². The van der Waals surface area contributed by atoms with Crippen LogP contribution in [0.15, 0.2) is 30.6 Å². The standard InChI is InChI=1S/C15H20N4O2/c1-18(2)10-4-3-8-17-14-5-6-15(19(20)21)12-7-9-16-11-13(12)14/h5-7,9,11,17H,3-4,8,10H2,1-2H3. The molecule has 1 heterocycles. The quantitative estimate of drug-likeness (QED) is 0.482. The number of fused-ring (bicyclic) bond motifs is 1. The summed E-state index contributed by atoms with van der Waals surface area (Å²) < 4.78 is 0. The Morgan fingerprint density at radius 3 is 2.76 bits per heavy atom. The Balaban J connectivity index is 2.11. The summed E-state index contributed by atoms with van der Waals surface area (Å²) in [5, 5.41) is 15.8. The van der Waals surface area contributed by atoms with Gasteiger partial charge < -0.3 is 10.2 Å². The van der Waals surface area contributed by atoms with Crippen molar-refractivity contribution in [3.8, 4) is 0 Å². The van der Waals surface area contributed by atoms with Crippen LogP contribution in [-0.2, 0) is 0 Å². The van der Waals surface area contributed by atoms with E-state index in [4.69, 9.17) is 0 Å². The van der Waals surface area contributed by atoms with E-state index >= 15 is 0 Å². The van der Waals surface area contributed by atoms with Crippen molar-refractivity contribution in [1.29, 1.82) is 0 Å². The molecule has 21 heavy (non-hydrogen) atoms. The van der Waals surface area contributed by atoms with Gasteiger partial charge in [0.05, 0.1) is 10.3 Å². The van der Waals surface area contributed by atoms with Gasteiger partial charge in [-0.2, -0.15) is 0 Å². The number of nitro benzene ring substituents is 1. The zero-order chi connectivity index (χ0) is 15.2. The maximum absolute atomic E-state index is 11.0. The van der Waals surface area contributed by atoms with Gasteiger partial charge in [-0.1, -0.05) is 0 Å². The van der Waals surface area contributed by atoms with Gasteiger partial charge in [0.1, 0.15) is 0 Å². The highest BCUT2D eigenvalue weighted by molar-refractivity contribution is 5.99. The molecule has 0 aliphatic heterocycles. The Morgan fingerprint density at radius 2 is 2.05 bits per heavy atom. The second-order valence-corrected chi connectivity index (χ2v) is 5.25. The molecule has 112 valence electrons. The number of pyridine rings is 1. The first-order valence-corrected chi connectivity index (χ1v) is 6.99. The van der Waals surface area contributed by atoms with Crippen molar-refractivity contribution in [3.05, 3.63) is 40.7 Å². The van der Waals surface area contributed by atoms with E-state index in [1.54, 1.807) is 30.6 Å². The van der Waals surface area contributed by atoms with E-state index < -0.39 is 0 Å². The maximum atomic E-state index is 11.0. The number of hydrogen-bond acceptors (Lipinski definition) is 5. The Kier molecular flexibility index (Phi) is 5.05. The SMILES string of the molecule is CN(C)CCCCNc1ccc([N+](=O)[O-])c2ccncc12. The largest absolute Gasteiger partial charge is 0.384 e. The second kappa shape index (κ2) is 6.99. The first-order valence-electron chi connectivity index (χ1n) is 6.99. The van der Waals surface area contributed by atoms with Gasteiger partial charge in [-0.05, 0) is 45.6 Å². The van der Waals surface area contributed by atoms with Gasteiger partial charge in [-0.25, -0.2) is 0 Å². The van der Waals surface area contributed by atoms with Crippen LogP contribution < -0.4 is 5.32 Å². The number of nitro groups is 1. The number of non-ortho nitro benzene ring substituents is 1. The molecule has 0 radical (unpaired) electrons. The van der Waals surface area contributed by atoms with E-state index in [-0.39, 0.29) is 10.6 Å². The van der Waals surface area contributed by atoms with Crippen molar-refractivity contribution in [1.82, 2.24) is 9.88 Å². The van der Waals surface area contributed by atoms with Gasteiger partial charge in [0, 0.05) is 36.1 Å². The fourth-order valence-corrected chi connectivity index (χ4v) is 2.26. The summed E-state index contributed by atoms with van der Waals surface area (Å²) in [6.07, 6.45) is 5.42. The molecule has 0 aliphatic rings. The lowest BCUT2D eigenvalue weighted by Crippen LogP contribution is -2.14. The summed E-state index contributed by atoms with van der Waals surface area (Å²) in [7, 11) is 4.12. The zero-order valence-electron chi connectivity index (χ0n) is 12.4. The van der Waals surface area contributed by atoms with Crippen LogP contribution in [0.5, 0.6) is 0 Å². The molecule has 0 spiro atoms. The van der Waals surface area contributed by atoms with Crippen LogP contribution in [0.4, 0.5) is 11.4 Å². The summed E-state index contributed by atoms with van der Waals surface area (Å²) in [4.78, 5) is 16.9. The number of anilines is 1. The molecule has 2 aromatic rings. The molecule has 0 bridgehead atoms. The van der Waals surface area contributed by atoms with Crippen molar-refractivity contribution >= 4 is 22.1 Å². The lowest BCUT2D eigenvalue weighted by molar-refractivity contribution is -0.383. The molecule has 0 atom stereocenters. The van der Waals surface area contributed by atoms with Crippen molar-refractivity contribution in [2.24, 2.45) is 0 Å². The average Bonchev–Trinajstić information content (AvgIpc) is 2.46. The van der Waals surface area contributed by atoms with Crippen LogP contribution in [0.2, 0.25) is 0 Å². The summed E-state index contributed by atoms with van der Waals surface area (Å²) in [5.74, 6) is 0. The zero-order valence-corrected chi connectivity index (χ0v) is 12.4. The lowest BCUT2D eigenvalue weighted by Gasteiger charge is -2.11. The molecule has 6 nitrogen and oxygen atoms in total. The highest BCUT2D eigenvalue weighted by atomic mass is 16.6. The van der Waals surface area contributed by atoms with Crippen molar-refractivity contribution in [2.45, 2.75) is 12.8 Å². The van der Waals surface area contributed by atoms with Crippen LogP contribution in [0, 0.1) is 10.1 Å². The number of benzene rings is 1. The van der Waals surface area contributed by atoms with E-state index in [1.807, 2.05) is 0 Å². The summed E-state index contributed by atoms with van der Waals surface area (Å²) in [6.45, 7) is 1.90. The molecule has 0 saturated heterocycles. The Hall–Kier alpha value is -2.21. The molecular formula is C15H20N4O2. The molecule has 0 unspecified atom stereocenters. The van der Waals surface area contributed by atoms with Gasteiger partial charge in [-0.15, -0.1) is 0 Å². The predicted octanol–water partition coefficient (Wildman–Crippen LogP) is 2.90. The van der Waals surface area contributed by atoms with E-state index in [0.29, 0.717) is 5.39 Å². The topological polar surface area (TPSA) is 71.3 Å². The monoisotopic (exact) mass is 288 g/mol. The number of nitrogens with one attached hydrogen (secondary N) is 1. The van der Waals surface area contributed by atoms with Crippen molar-refractivity contribution in [2.75, 3.05) is 32.5 Å². The normalized spacial score (nSPS) is 11.0. The minimum Gasteiger partial charge on any atom is -0.384 e. The molecule has 0 amide bonds. The molecule has 0 aliphatic carbocycles. The van der Waals surface area contributed by atoms with E-state index in [1.165, 1.54) is 0 Å². The number of aromatic nitrogens is 1. The fourth-order valence-electron chi connectivity index (χ4n) is 2.26. The smallest absolute Gasteiger partial charge is 0.277 e. The molecule has 1 aromatic carbocycles. The number of nitrogens with zero attached hydrogens (tertiary/aromatic N) is 3. The van der Waals surface area contributed by atoms with Crippen molar-refractivity contribution in [3.63, 3.8) is 0 Å². The first-order chi connectivity index (χ1) is 10.1. The van der Waals surface area contributed by atoms with Gasteiger partial charge in [0.25, 0.3) is 5.69 Å². The minimum atomic E-state index is -0.358. The highest BCUT2D eigenvalue weighted by Crippen LogP contribution is 2.30. The maximum Gasteiger partial charge on any atom is 0.277 e. The number of hydrogen-bond donors (Lipinski definition) is 1. The Morgan fingerprint density at radius 1 is 1.24 bits per heavy atom. The van der Waals surface area contributed by atoms with E-state index in [2.05, 4.69) is 29.3 Å².